The van der Waals surface area contributed by atoms with Crippen LogP contribution in [-0.2, 0) is 30.8 Å². The van der Waals surface area contributed by atoms with Crippen LogP contribution in [0.15, 0.2) is 134 Å². The molecule has 0 spiro atoms. The number of nitrogens with zero attached hydrogens (tertiary/aromatic N) is 4. The molecular weight excluding hydrogens is 747 g/mol. The van der Waals surface area contributed by atoms with Crippen LogP contribution in [0.25, 0.3) is 0 Å². The van der Waals surface area contributed by atoms with Crippen LogP contribution >= 0.6 is 35.4 Å². The Balaban J connectivity index is 1.22. The van der Waals surface area contributed by atoms with E-state index in [4.69, 9.17) is 40.2 Å². The Morgan fingerprint density at radius 1 is 0.909 bits per heavy atom. The number of aryl methyl sites for hydroxylation is 2. The summed E-state index contributed by atoms with van der Waals surface area (Å²) in [4.78, 5) is 19.4. The van der Waals surface area contributed by atoms with Crippen molar-refractivity contribution in [3.05, 3.63) is 183 Å². The molecule has 0 saturated carbocycles. The summed E-state index contributed by atoms with van der Waals surface area (Å²) in [6.07, 6.45) is 5.13. The molecule has 1 amide bonds. The van der Waals surface area contributed by atoms with E-state index in [9.17, 15) is 10.1 Å². The highest BCUT2D eigenvalue weighted by Crippen LogP contribution is 2.32. The average Bonchev–Trinajstić information content (AvgIpc) is 3.67. The SMILES string of the molecule is Cc1ccc(NC(=S)N(NCCCc2ccc(OCc3ccccc3)cc2)C(=O)C(Cc2cccc(Cl)c2Cl)c2cncn2Cc2ccc(C#N)cc2)cc1. The van der Waals surface area contributed by atoms with Gasteiger partial charge in [-0.3, -0.25) is 4.79 Å². The van der Waals surface area contributed by atoms with Crippen LogP contribution < -0.4 is 15.5 Å². The number of hydrogen-bond donors (Lipinski definition) is 2. The summed E-state index contributed by atoms with van der Waals surface area (Å²) in [5.41, 5.74) is 10.4. The number of thiocarbonyl (C=S) groups is 1. The van der Waals surface area contributed by atoms with E-state index < -0.39 is 5.92 Å². The van der Waals surface area contributed by atoms with Gasteiger partial charge in [0.15, 0.2) is 5.11 Å². The summed E-state index contributed by atoms with van der Waals surface area (Å²) < 4.78 is 7.90. The van der Waals surface area contributed by atoms with Gasteiger partial charge in [0.2, 0.25) is 0 Å². The molecule has 278 valence electrons. The van der Waals surface area contributed by atoms with Crippen LogP contribution in [0.4, 0.5) is 5.69 Å². The largest absolute Gasteiger partial charge is 0.489 e. The maximum Gasteiger partial charge on any atom is 0.252 e. The summed E-state index contributed by atoms with van der Waals surface area (Å²) >= 11 is 19.1. The number of hydrazine groups is 1. The van der Waals surface area contributed by atoms with Crippen molar-refractivity contribution < 1.29 is 9.53 Å². The lowest BCUT2D eigenvalue weighted by atomic mass is 9.95. The molecule has 6 aromatic rings. The van der Waals surface area contributed by atoms with Gasteiger partial charge in [-0.2, -0.15) is 5.26 Å². The second-order valence-electron chi connectivity index (χ2n) is 13.1. The topological polar surface area (TPSA) is 95.2 Å². The molecule has 1 atom stereocenters. The first-order chi connectivity index (χ1) is 26.8. The van der Waals surface area contributed by atoms with Crippen molar-refractivity contribution in [2.75, 3.05) is 11.9 Å². The minimum absolute atomic E-state index is 0.203. The number of carbonyl (C=O) groups excluding carboxylic acids is 1. The summed E-state index contributed by atoms with van der Waals surface area (Å²) in [7, 11) is 0. The van der Waals surface area contributed by atoms with Crippen molar-refractivity contribution in [3.63, 3.8) is 0 Å². The van der Waals surface area contributed by atoms with Gasteiger partial charge < -0.3 is 14.6 Å². The van der Waals surface area contributed by atoms with E-state index in [-0.39, 0.29) is 17.4 Å². The second-order valence-corrected chi connectivity index (χ2v) is 14.3. The van der Waals surface area contributed by atoms with Gasteiger partial charge in [0.1, 0.15) is 12.4 Å². The van der Waals surface area contributed by atoms with Crippen LogP contribution in [-0.4, -0.2) is 32.1 Å². The zero-order valence-electron chi connectivity index (χ0n) is 30.3. The first kappa shape index (κ1) is 39.2. The molecule has 0 saturated heterocycles. The lowest BCUT2D eigenvalue weighted by Gasteiger charge is -2.29. The molecule has 1 aromatic heterocycles. The molecule has 1 heterocycles. The highest BCUT2D eigenvalue weighted by molar-refractivity contribution is 7.80. The third-order valence-corrected chi connectivity index (χ3v) is 10.2. The first-order valence-corrected chi connectivity index (χ1v) is 19.1. The van der Waals surface area contributed by atoms with Gasteiger partial charge in [-0.05, 0) is 103 Å². The van der Waals surface area contributed by atoms with Crippen LogP contribution in [0.5, 0.6) is 5.75 Å². The smallest absolute Gasteiger partial charge is 0.252 e. The standard InChI is InChI=1S/C44H40Cl2N6O2S/c1-31-12-20-37(21-13-31)50-44(55)52(49-24-6-9-32-18-22-38(23-19-32)54-29-35-7-3-2-4-8-35)43(53)39(25-36-10-5-11-40(45)42(36)46)41-27-48-30-51(41)28-34-16-14-33(26-47)15-17-34/h2-5,7-8,10-23,27,30,39,49H,6,9,24-25,28-29H2,1H3,(H,50,55). The number of rotatable bonds is 15. The van der Waals surface area contributed by atoms with E-state index in [0.29, 0.717) is 46.6 Å². The Bertz CT molecular complexity index is 2240. The Kier molecular flexibility index (Phi) is 13.7. The van der Waals surface area contributed by atoms with E-state index in [1.165, 1.54) is 5.01 Å². The molecule has 0 fully saturated rings. The summed E-state index contributed by atoms with van der Waals surface area (Å²) in [5, 5.41) is 15.0. The van der Waals surface area contributed by atoms with Gasteiger partial charge in [-0.15, -0.1) is 0 Å². The van der Waals surface area contributed by atoms with Gasteiger partial charge in [0.25, 0.3) is 5.91 Å². The van der Waals surface area contributed by atoms with E-state index >= 15 is 0 Å². The maximum atomic E-state index is 15.0. The van der Waals surface area contributed by atoms with E-state index in [2.05, 4.69) is 33.9 Å². The number of halogens is 2. The molecule has 11 heteroatoms. The molecule has 0 aliphatic carbocycles. The number of benzene rings is 5. The van der Waals surface area contributed by atoms with E-state index in [0.717, 1.165) is 46.5 Å². The number of hydrogen-bond acceptors (Lipinski definition) is 6. The Hall–Kier alpha value is -5.50. The van der Waals surface area contributed by atoms with Crippen LogP contribution in [0, 0.1) is 18.3 Å². The minimum atomic E-state index is -0.759. The fourth-order valence-electron chi connectivity index (χ4n) is 6.08. The molecule has 5 aromatic carbocycles. The third kappa shape index (κ3) is 10.8. The molecule has 2 N–H and O–H groups in total. The molecule has 0 aliphatic heterocycles. The molecule has 8 nitrogen and oxygen atoms in total. The van der Waals surface area contributed by atoms with E-state index in [1.807, 2.05) is 102 Å². The van der Waals surface area contributed by atoms with Gasteiger partial charge in [0, 0.05) is 25.0 Å². The number of nitrogens with one attached hydrogen (secondary N) is 2. The number of ether oxygens (including phenoxy) is 1. The molecule has 1 unspecified atom stereocenters. The Morgan fingerprint density at radius 3 is 2.36 bits per heavy atom. The molecule has 55 heavy (non-hydrogen) atoms. The molecular formula is C44H40Cl2N6O2S. The lowest BCUT2D eigenvalue weighted by Crippen LogP contribution is -2.51. The number of carbonyl (C=O) groups is 1. The Morgan fingerprint density at radius 2 is 1.64 bits per heavy atom. The highest BCUT2D eigenvalue weighted by atomic mass is 35.5. The predicted octanol–water partition coefficient (Wildman–Crippen LogP) is 9.69. The monoisotopic (exact) mass is 786 g/mol. The normalized spacial score (nSPS) is 11.4. The average molecular weight is 788 g/mol. The van der Waals surface area contributed by atoms with Crippen molar-refractivity contribution >= 4 is 52.1 Å². The zero-order chi connectivity index (χ0) is 38.6. The van der Waals surface area contributed by atoms with Gasteiger partial charge in [-0.25, -0.2) is 15.4 Å². The number of amides is 1. The Labute approximate surface area is 337 Å². The highest BCUT2D eigenvalue weighted by Gasteiger charge is 2.32. The molecule has 6 rings (SSSR count). The number of anilines is 1. The van der Waals surface area contributed by atoms with Crippen molar-refractivity contribution in [1.29, 1.82) is 5.26 Å². The molecule has 0 aliphatic rings. The fourth-order valence-corrected chi connectivity index (χ4v) is 6.75. The van der Waals surface area contributed by atoms with Crippen molar-refractivity contribution in [1.82, 2.24) is 20.0 Å². The van der Waals surface area contributed by atoms with Gasteiger partial charge >= 0.3 is 0 Å². The van der Waals surface area contributed by atoms with Gasteiger partial charge in [-0.1, -0.05) is 108 Å². The second kappa shape index (κ2) is 19.2. The van der Waals surface area contributed by atoms with Crippen molar-refractivity contribution in [3.8, 4) is 11.8 Å². The predicted molar refractivity (Wildman–Crippen MR) is 223 cm³/mol. The molecule has 0 bridgehead atoms. The van der Waals surface area contributed by atoms with Crippen LogP contribution in [0.3, 0.4) is 0 Å². The van der Waals surface area contributed by atoms with Crippen LogP contribution in [0.2, 0.25) is 10.0 Å². The van der Waals surface area contributed by atoms with Crippen LogP contribution in [0.1, 0.15) is 51.4 Å². The quantitative estimate of drug-likeness (QED) is 0.0608. The lowest BCUT2D eigenvalue weighted by molar-refractivity contribution is -0.131. The molecule has 0 radical (unpaired) electrons. The van der Waals surface area contributed by atoms with Gasteiger partial charge in [0.05, 0.1) is 39.6 Å². The zero-order valence-corrected chi connectivity index (χ0v) is 32.6. The number of imidazole rings is 1. The first-order valence-electron chi connectivity index (χ1n) is 17.9. The van der Waals surface area contributed by atoms with Crippen molar-refractivity contribution in [2.24, 2.45) is 0 Å². The maximum absolute atomic E-state index is 15.0. The van der Waals surface area contributed by atoms with Crippen molar-refractivity contribution in [2.45, 2.75) is 45.3 Å². The number of nitriles is 1. The minimum Gasteiger partial charge on any atom is -0.489 e. The fraction of sp³-hybridized carbons (Fsp3) is 0.182. The third-order valence-electron chi connectivity index (χ3n) is 9.10. The van der Waals surface area contributed by atoms with E-state index in [1.54, 1.807) is 30.7 Å². The summed E-state index contributed by atoms with van der Waals surface area (Å²) in [5.74, 6) is -0.244. The summed E-state index contributed by atoms with van der Waals surface area (Å²) in [6.45, 7) is 3.41. The summed E-state index contributed by atoms with van der Waals surface area (Å²) in [6, 6.07) is 40.9. The number of aromatic nitrogens is 2.